The molecular formula is C16H26N2O2. The van der Waals surface area contributed by atoms with Gasteiger partial charge >= 0.3 is 0 Å². The fourth-order valence-electron chi connectivity index (χ4n) is 1.99. The third-order valence-electron chi connectivity index (χ3n) is 3.83. The van der Waals surface area contributed by atoms with Crippen molar-refractivity contribution in [3.8, 4) is 0 Å². The Bertz CT molecular complexity index is 458. The van der Waals surface area contributed by atoms with E-state index in [9.17, 15) is 9.90 Å². The fraction of sp³-hybridized carbons (Fsp3) is 0.562. The molecule has 0 saturated carbocycles. The van der Waals surface area contributed by atoms with Crippen LogP contribution in [0.1, 0.15) is 37.9 Å². The first-order valence-electron chi connectivity index (χ1n) is 6.95. The van der Waals surface area contributed by atoms with E-state index in [-0.39, 0.29) is 25.1 Å². The van der Waals surface area contributed by atoms with E-state index >= 15 is 0 Å². The summed E-state index contributed by atoms with van der Waals surface area (Å²) in [4.78, 5) is 13.9. The molecule has 1 amide bonds. The average Bonchev–Trinajstić information content (AvgIpc) is 2.38. The van der Waals surface area contributed by atoms with Crippen LogP contribution in [0.5, 0.6) is 0 Å². The number of hydrogen-bond acceptors (Lipinski definition) is 3. The van der Waals surface area contributed by atoms with E-state index in [1.165, 1.54) is 5.56 Å². The van der Waals surface area contributed by atoms with Crippen molar-refractivity contribution in [1.29, 1.82) is 0 Å². The minimum Gasteiger partial charge on any atom is -0.394 e. The van der Waals surface area contributed by atoms with Crippen molar-refractivity contribution in [2.75, 3.05) is 20.2 Å². The van der Waals surface area contributed by atoms with Gasteiger partial charge in [-0.15, -0.1) is 0 Å². The van der Waals surface area contributed by atoms with Crippen LogP contribution in [-0.2, 0) is 4.79 Å². The van der Waals surface area contributed by atoms with Gasteiger partial charge in [-0.3, -0.25) is 9.69 Å². The maximum atomic E-state index is 12.1. The van der Waals surface area contributed by atoms with Crippen LogP contribution in [0.2, 0.25) is 0 Å². The Morgan fingerprint density at radius 1 is 1.40 bits per heavy atom. The molecular weight excluding hydrogens is 252 g/mol. The highest BCUT2D eigenvalue weighted by atomic mass is 16.3. The molecule has 0 saturated heterocycles. The number of amides is 1. The topological polar surface area (TPSA) is 52.6 Å². The zero-order chi connectivity index (χ0) is 15.3. The van der Waals surface area contributed by atoms with Crippen LogP contribution in [0.4, 0.5) is 0 Å². The van der Waals surface area contributed by atoms with Crippen molar-refractivity contribution in [3.05, 3.63) is 35.4 Å². The van der Waals surface area contributed by atoms with E-state index in [2.05, 4.69) is 5.32 Å². The average molecular weight is 278 g/mol. The van der Waals surface area contributed by atoms with Gasteiger partial charge in [0.15, 0.2) is 0 Å². The van der Waals surface area contributed by atoms with E-state index in [0.717, 1.165) is 5.56 Å². The first kappa shape index (κ1) is 16.7. The number of hydrogen-bond donors (Lipinski definition) is 2. The first-order valence-corrected chi connectivity index (χ1v) is 6.95. The molecule has 0 aliphatic heterocycles. The smallest absolute Gasteiger partial charge is 0.234 e. The molecule has 1 unspecified atom stereocenters. The molecule has 0 radical (unpaired) electrons. The largest absolute Gasteiger partial charge is 0.394 e. The summed E-state index contributed by atoms with van der Waals surface area (Å²) in [6.07, 6.45) is 0. The Balaban J connectivity index is 2.61. The van der Waals surface area contributed by atoms with Gasteiger partial charge < -0.3 is 10.4 Å². The van der Waals surface area contributed by atoms with Gasteiger partial charge in [-0.1, -0.05) is 24.3 Å². The van der Waals surface area contributed by atoms with E-state index in [0.29, 0.717) is 0 Å². The minimum absolute atomic E-state index is 0.0180. The lowest BCUT2D eigenvalue weighted by molar-refractivity contribution is -0.124. The number of carbonyl (C=O) groups excluding carboxylic acids is 1. The summed E-state index contributed by atoms with van der Waals surface area (Å²) >= 11 is 0. The van der Waals surface area contributed by atoms with Crippen LogP contribution in [0.3, 0.4) is 0 Å². The van der Waals surface area contributed by atoms with Crippen LogP contribution >= 0.6 is 0 Å². The number of nitrogens with one attached hydrogen (secondary N) is 1. The van der Waals surface area contributed by atoms with Gasteiger partial charge in [0.2, 0.25) is 5.91 Å². The molecule has 20 heavy (non-hydrogen) atoms. The fourth-order valence-corrected chi connectivity index (χ4v) is 1.99. The SMILES string of the molecule is Cc1ccccc1C(C)NC(=O)CN(C)C(C)(C)CO. The zero-order valence-electron chi connectivity index (χ0n) is 13.1. The van der Waals surface area contributed by atoms with Crippen molar-refractivity contribution in [2.24, 2.45) is 0 Å². The lowest BCUT2D eigenvalue weighted by Gasteiger charge is -2.33. The summed E-state index contributed by atoms with van der Waals surface area (Å²) in [6, 6.07) is 8.02. The van der Waals surface area contributed by atoms with Crippen LogP contribution in [0.25, 0.3) is 0 Å². The summed E-state index contributed by atoms with van der Waals surface area (Å²) in [5, 5.41) is 12.3. The quantitative estimate of drug-likeness (QED) is 0.835. The van der Waals surface area contributed by atoms with Crippen LogP contribution < -0.4 is 5.32 Å². The van der Waals surface area contributed by atoms with E-state index in [4.69, 9.17) is 0 Å². The van der Waals surface area contributed by atoms with Gasteiger partial charge in [-0.2, -0.15) is 0 Å². The van der Waals surface area contributed by atoms with Gasteiger partial charge in [0.05, 0.1) is 19.2 Å². The van der Waals surface area contributed by atoms with Crippen LogP contribution in [0, 0.1) is 6.92 Å². The molecule has 0 aliphatic rings. The van der Waals surface area contributed by atoms with Gasteiger partial charge in [0, 0.05) is 5.54 Å². The molecule has 0 fully saturated rings. The van der Waals surface area contributed by atoms with Gasteiger partial charge in [-0.05, 0) is 45.9 Å². The number of nitrogens with zero attached hydrogens (tertiary/aromatic N) is 1. The third-order valence-corrected chi connectivity index (χ3v) is 3.83. The Morgan fingerprint density at radius 2 is 2.00 bits per heavy atom. The predicted octanol–water partition coefficient (Wildman–Crippen LogP) is 1.87. The monoisotopic (exact) mass is 278 g/mol. The molecule has 0 spiro atoms. The summed E-state index contributed by atoms with van der Waals surface area (Å²) in [5.74, 6) is -0.0372. The standard InChI is InChI=1S/C16H26N2O2/c1-12-8-6-7-9-14(12)13(2)17-15(20)10-18(5)16(3,4)11-19/h6-9,13,19H,10-11H2,1-5H3,(H,17,20). The summed E-state index contributed by atoms with van der Waals surface area (Å²) < 4.78 is 0. The normalized spacial score (nSPS) is 13.3. The number of aryl methyl sites for hydroxylation is 1. The highest BCUT2D eigenvalue weighted by molar-refractivity contribution is 5.78. The van der Waals surface area contributed by atoms with Crippen molar-refractivity contribution in [1.82, 2.24) is 10.2 Å². The van der Waals surface area contributed by atoms with Gasteiger partial charge in [0.25, 0.3) is 0 Å². The minimum atomic E-state index is -0.400. The molecule has 2 N–H and O–H groups in total. The maximum Gasteiger partial charge on any atom is 0.234 e. The Hall–Kier alpha value is -1.39. The molecule has 1 aromatic carbocycles. The number of likely N-dealkylation sites (N-methyl/N-ethyl adjacent to an activating group) is 1. The molecule has 4 nitrogen and oxygen atoms in total. The number of rotatable bonds is 6. The number of aliphatic hydroxyl groups is 1. The summed E-state index contributed by atoms with van der Waals surface area (Å²) in [5.41, 5.74) is 1.90. The second-order valence-electron chi connectivity index (χ2n) is 5.97. The van der Waals surface area contributed by atoms with Crippen LogP contribution in [-0.4, -0.2) is 41.7 Å². The first-order chi connectivity index (χ1) is 9.27. The number of carbonyl (C=O) groups is 1. The van der Waals surface area contributed by atoms with Crippen LogP contribution in [0.15, 0.2) is 24.3 Å². The molecule has 0 aliphatic carbocycles. The second-order valence-corrected chi connectivity index (χ2v) is 5.97. The molecule has 1 aromatic rings. The third kappa shape index (κ3) is 4.32. The highest BCUT2D eigenvalue weighted by Crippen LogP contribution is 2.17. The molecule has 0 heterocycles. The molecule has 1 atom stereocenters. The maximum absolute atomic E-state index is 12.1. The van der Waals surface area contributed by atoms with E-state index in [1.807, 2.05) is 63.9 Å². The van der Waals surface area contributed by atoms with Crippen molar-refractivity contribution in [3.63, 3.8) is 0 Å². The van der Waals surface area contributed by atoms with E-state index < -0.39 is 5.54 Å². The zero-order valence-corrected chi connectivity index (χ0v) is 13.1. The Labute approximate surface area is 121 Å². The molecule has 0 bridgehead atoms. The summed E-state index contributed by atoms with van der Waals surface area (Å²) in [7, 11) is 1.84. The second kappa shape index (κ2) is 6.86. The number of benzene rings is 1. The lowest BCUT2D eigenvalue weighted by atomic mass is 10.0. The molecule has 0 aromatic heterocycles. The van der Waals surface area contributed by atoms with Gasteiger partial charge in [-0.25, -0.2) is 0 Å². The van der Waals surface area contributed by atoms with Crippen molar-refractivity contribution >= 4 is 5.91 Å². The van der Waals surface area contributed by atoms with Gasteiger partial charge in [0.1, 0.15) is 0 Å². The van der Waals surface area contributed by atoms with Crippen molar-refractivity contribution < 1.29 is 9.90 Å². The van der Waals surface area contributed by atoms with E-state index in [1.54, 1.807) is 0 Å². The predicted molar refractivity (Wildman–Crippen MR) is 81.5 cm³/mol. The molecule has 4 heteroatoms. The Morgan fingerprint density at radius 3 is 2.55 bits per heavy atom. The van der Waals surface area contributed by atoms with Crippen molar-refractivity contribution in [2.45, 2.75) is 39.3 Å². The number of aliphatic hydroxyl groups excluding tert-OH is 1. The molecule has 1 rings (SSSR count). The molecule has 112 valence electrons. The Kier molecular flexibility index (Phi) is 5.72. The summed E-state index contributed by atoms with van der Waals surface area (Å²) in [6.45, 7) is 8.13. The highest BCUT2D eigenvalue weighted by Gasteiger charge is 2.24. The lowest BCUT2D eigenvalue weighted by Crippen LogP contribution is -2.49.